The highest BCUT2D eigenvalue weighted by molar-refractivity contribution is 6.02. The number of carbonyl (C=O) groups excluding carboxylic acids is 2. The van der Waals surface area contributed by atoms with E-state index < -0.39 is 0 Å². The van der Waals surface area contributed by atoms with Gasteiger partial charge in [0.15, 0.2) is 5.76 Å². The molecule has 28 heavy (non-hydrogen) atoms. The van der Waals surface area contributed by atoms with Crippen LogP contribution in [0.5, 0.6) is 0 Å². The van der Waals surface area contributed by atoms with Crippen LogP contribution in [0.3, 0.4) is 0 Å². The molecule has 6 heteroatoms. The summed E-state index contributed by atoms with van der Waals surface area (Å²) >= 11 is 0. The van der Waals surface area contributed by atoms with Crippen molar-refractivity contribution in [2.75, 3.05) is 22.5 Å². The summed E-state index contributed by atoms with van der Waals surface area (Å²) in [6.07, 6.45) is 1.44. The van der Waals surface area contributed by atoms with Crippen LogP contribution in [-0.2, 0) is 4.79 Å². The first kappa shape index (κ1) is 19.2. The van der Waals surface area contributed by atoms with Gasteiger partial charge in [0.2, 0.25) is 5.91 Å². The van der Waals surface area contributed by atoms with Gasteiger partial charge in [-0.15, -0.1) is 0 Å². The van der Waals surface area contributed by atoms with Gasteiger partial charge in [0.25, 0.3) is 5.91 Å². The fraction of sp³-hybridized carbons (Fsp3) is 0.182. The third-order valence-corrected chi connectivity index (χ3v) is 4.25. The number of nitrogens with one attached hydrogen (secondary N) is 3. The molecule has 0 unspecified atom stereocenters. The Balaban J connectivity index is 1.59. The quantitative estimate of drug-likeness (QED) is 0.590. The van der Waals surface area contributed by atoms with Crippen LogP contribution in [-0.4, -0.2) is 18.4 Å². The molecule has 3 N–H and O–H groups in total. The largest absolute Gasteiger partial charge is 0.459 e. The van der Waals surface area contributed by atoms with Crippen LogP contribution in [0.25, 0.3) is 0 Å². The highest BCUT2D eigenvalue weighted by Crippen LogP contribution is 2.22. The molecule has 1 aromatic heterocycles. The molecule has 3 rings (SSSR count). The van der Waals surface area contributed by atoms with Gasteiger partial charge in [-0.25, -0.2) is 0 Å². The normalized spacial score (nSPS) is 10.4. The monoisotopic (exact) mass is 377 g/mol. The smallest absolute Gasteiger partial charge is 0.291 e. The van der Waals surface area contributed by atoms with Crippen LogP contribution in [0.4, 0.5) is 17.1 Å². The van der Waals surface area contributed by atoms with Crippen LogP contribution in [0, 0.1) is 20.8 Å². The number of hydrogen-bond acceptors (Lipinski definition) is 4. The molecule has 0 aliphatic rings. The van der Waals surface area contributed by atoms with Crippen LogP contribution >= 0.6 is 0 Å². The molecule has 2 amide bonds. The lowest BCUT2D eigenvalue weighted by molar-refractivity contribution is -0.114. The van der Waals surface area contributed by atoms with E-state index >= 15 is 0 Å². The number of hydrogen-bond donors (Lipinski definition) is 3. The van der Waals surface area contributed by atoms with Crippen molar-refractivity contribution < 1.29 is 14.0 Å². The van der Waals surface area contributed by atoms with E-state index in [4.69, 9.17) is 4.42 Å². The summed E-state index contributed by atoms with van der Waals surface area (Å²) in [7, 11) is 0. The molecule has 0 bridgehead atoms. The average Bonchev–Trinajstić information content (AvgIpc) is 3.16. The van der Waals surface area contributed by atoms with Crippen molar-refractivity contribution in [2.45, 2.75) is 20.8 Å². The van der Waals surface area contributed by atoms with Crippen molar-refractivity contribution in [3.63, 3.8) is 0 Å². The van der Waals surface area contributed by atoms with Crippen molar-refractivity contribution in [3.8, 4) is 0 Å². The summed E-state index contributed by atoms with van der Waals surface area (Å²) in [6.45, 7) is 6.23. The molecular formula is C22H23N3O3. The second kappa shape index (κ2) is 8.43. The number of furan rings is 1. The fourth-order valence-electron chi connectivity index (χ4n) is 3.11. The SMILES string of the molecule is Cc1cc(C)c(NCC(=O)Nc2cccc(NC(=O)c3ccco3)c2)c(C)c1. The van der Waals surface area contributed by atoms with Crippen LogP contribution in [0.1, 0.15) is 27.2 Å². The number of benzene rings is 2. The molecule has 0 saturated heterocycles. The maximum absolute atomic E-state index is 12.3. The molecule has 0 aliphatic heterocycles. The number of amides is 2. The lowest BCUT2D eigenvalue weighted by Crippen LogP contribution is -2.22. The molecule has 0 aliphatic carbocycles. The summed E-state index contributed by atoms with van der Waals surface area (Å²) in [5.74, 6) is -0.295. The molecule has 0 spiro atoms. The Bertz CT molecular complexity index is 971. The molecule has 0 radical (unpaired) electrons. The summed E-state index contributed by atoms with van der Waals surface area (Å²) in [5, 5.41) is 8.77. The highest BCUT2D eigenvalue weighted by atomic mass is 16.3. The summed E-state index contributed by atoms with van der Waals surface area (Å²) in [5.41, 5.74) is 5.54. The van der Waals surface area contributed by atoms with Gasteiger partial charge in [0, 0.05) is 17.1 Å². The van der Waals surface area contributed by atoms with Crippen LogP contribution in [0.15, 0.2) is 59.2 Å². The molecule has 2 aromatic carbocycles. The van der Waals surface area contributed by atoms with Gasteiger partial charge in [-0.3, -0.25) is 9.59 Å². The standard InChI is InChI=1S/C22H23N3O3/c1-14-10-15(2)21(16(3)11-14)23-13-20(26)24-17-6-4-7-18(12-17)25-22(27)19-8-5-9-28-19/h4-12,23H,13H2,1-3H3,(H,24,26)(H,25,27). The fourth-order valence-corrected chi connectivity index (χ4v) is 3.11. The van der Waals surface area contributed by atoms with E-state index in [1.807, 2.05) is 20.8 Å². The van der Waals surface area contributed by atoms with E-state index in [9.17, 15) is 9.59 Å². The zero-order valence-electron chi connectivity index (χ0n) is 16.1. The van der Waals surface area contributed by atoms with Gasteiger partial charge in [-0.05, 0) is 62.2 Å². The average molecular weight is 377 g/mol. The Hall–Kier alpha value is -3.54. The van der Waals surface area contributed by atoms with Crippen LogP contribution < -0.4 is 16.0 Å². The third-order valence-electron chi connectivity index (χ3n) is 4.25. The predicted molar refractivity (Wildman–Crippen MR) is 111 cm³/mol. The second-order valence-corrected chi connectivity index (χ2v) is 6.69. The predicted octanol–water partition coefficient (Wildman–Crippen LogP) is 4.51. The van der Waals surface area contributed by atoms with Gasteiger partial charge in [0.1, 0.15) is 0 Å². The van der Waals surface area contributed by atoms with E-state index in [1.165, 1.54) is 11.8 Å². The maximum atomic E-state index is 12.3. The van der Waals surface area contributed by atoms with Gasteiger partial charge < -0.3 is 20.4 Å². The Morgan fingerprint density at radius 1 is 0.893 bits per heavy atom. The Labute approximate surface area is 164 Å². The Morgan fingerprint density at radius 2 is 1.57 bits per heavy atom. The molecule has 0 saturated carbocycles. The molecule has 3 aromatic rings. The van der Waals surface area contributed by atoms with Crippen molar-refractivity contribution >= 4 is 28.9 Å². The van der Waals surface area contributed by atoms with Gasteiger partial charge in [0.05, 0.1) is 12.8 Å². The van der Waals surface area contributed by atoms with E-state index in [0.29, 0.717) is 11.4 Å². The zero-order valence-corrected chi connectivity index (χ0v) is 16.1. The van der Waals surface area contributed by atoms with E-state index in [0.717, 1.165) is 16.8 Å². The van der Waals surface area contributed by atoms with E-state index in [1.54, 1.807) is 36.4 Å². The number of anilines is 3. The molecule has 6 nitrogen and oxygen atoms in total. The molecule has 0 fully saturated rings. The van der Waals surface area contributed by atoms with Crippen molar-refractivity contribution in [2.24, 2.45) is 0 Å². The molecule has 1 heterocycles. The highest BCUT2D eigenvalue weighted by Gasteiger charge is 2.10. The minimum atomic E-state index is -0.347. The van der Waals surface area contributed by atoms with E-state index in [2.05, 4.69) is 28.1 Å². The van der Waals surface area contributed by atoms with Crippen LogP contribution in [0.2, 0.25) is 0 Å². The first-order chi connectivity index (χ1) is 13.4. The number of rotatable bonds is 6. The Morgan fingerprint density at radius 3 is 2.21 bits per heavy atom. The van der Waals surface area contributed by atoms with Gasteiger partial charge in [-0.1, -0.05) is 23.8 Å². The summed E-state index contributed by atoms with van der Waals surface area (Å²) in [4.78, 5) is 24.4. The maximum Gasteiger partial charge on any atom is 0.291 e. The molecule has 144 valence electrons. The van der Waals surface area contributed by atoms with Crippen molar-refractivity contribution in [1.29, 1.82) is 0 Å². The van der Waals surface area contributed by atoms with Crippen molar-refractivity contribution in [1.82, 2.24) is 0 Å². The second-order valence-electron chi connectivity index (χ2n) is 6.69. The molecule has 0 atom stereocenters. The minimum Gasteiger partial charge on any atom is -0.459 e. The lowest BCUT2D eigenvalue weighted by atomic mass is 10.1. The Kier molecular flexibility index (Phi) is 5.79. The third kappa shape index (κ3) is 4.79. The molecular weight excluding hydrogens is 354 g/mol. The van der Waals surface area contributed by atoms with Gasteiger partial charge in [-0.2, -0.15) is 0 Å². The zero-order chi connectivity index (χ0) is 20.1. The first-order valence-corrected chi connectivity index (χ1v) is 8.99. The topological polar surface area (TPSA) is 83.4 Å². The van der Waals surface area contributed by atoms with E-state index in [-0.39, 0.29) is 24.1 Å². The lowest BCUT2D eigenvalue weighted by Gasteiger charge is -2.14. The van der Waals surface area contributed by atoms with Gasteiger partial charge >= 0.3 is 0 Å². The summed E-state index contributed by atoms with van der Waals surface area (Å²) < 4.78 is 5.07. The minimum absolute atomic E-state index is 0.147. The number of aryl methyl sites for hydroxylation is 3. The van der Waals surface area contributed by atoms with Crippen molar-refractivity contribution in [3.05, 3.63) is 77.2 Å². The summed E-state index contributed by atoms with van der Waals surface area (Å²) in [6, 6.07) is 14.4. The first-order valence-electron chi connectivity index (χ1n) is 8.99. The number of carbonyl (C=O) groups is 2.